The summed E-state index contributed by atoms with van der Waals surface area (Å²) in [6.45, 7) is 5.45. The number of nitrogens with zero attached hydrogens (tertiary/aromatic N) is 3. The van der Waals surface area contributed by atoms with Gasteiger partial charge in [0, 0.05) is 72.2 Å². The van der Waals surface area contributed by atoms with Crippen LogP contribution in [0.2, 0.25) is 0 Å². The first-order valence-corrected chi connectivity index (χ1v) is 18.6. The molecule has 2 atom stereocenters. The van der Waals surface area contributed by atoms with Crippen LogP contribution in [0.15, 0.2) is 72.4 Å². The van der Waals surface area contributed by atoms with Gasteiger partial charge in [-0.2, -0.15) is 0 Å². The number of aliphatic hydroxyl groups is 1. The number of aromatic nitrogens is 2. The van der Waals surface area contributed by atoms with Gasteiger partial charge >= 0.3 is 0 Å². The number of anilines is 1. The van der Waals surface area contributed by atoms with Gasteiger partial charge in [0.1, 0.15) is 16.6 Å². The largest absolute Gasteiger partial charge is 0.390 e. The van der Waals surface area contributed by atoms with E-state index in [2.05, 4.69) is 25.9 Å². The molecule has 4 rings (SSSR count). The monoisotopic (exact) mass is 710 g/mol. The number of rotatable bonds is 16. The second kappa shape index (κ2) is 16.4. The zero-order chi connectivity index (χ0) is 35.8. The van der Waals surface area contributed by atoms with Crippen LogP contribution < -0.4 is 16.0 Å². The number of hydrogen-bond acceptors (Lipinski definition) is 10. The quantitative estimate of drug-likeness (QED) is 0.134. The van der Waals surface area contributed by atoms with E-state index in [1.807, 2.05) is 42.6 Å². The van der Waals surface area contributed by atoms with E-state index in [-0.39, 0.29) is 35.8 Å². The zero-order valence-electron chi connectivity index (χ0n) is 28.2. The summed E-state index contributed by atoms with van der Waals surface area (Å²) < 4.78 is 38.3. The normalized spacial score (nSPS) is 13.0. The molecule has 262 valence electrons. The number of benzene rings is 2. The van der Waals surface area contributed by atoms with E-state index >= 15 is 0 Å². The third-order valence-electron chi connectivity index (χ3n) is 7.61. The number of aryl methyl sites for hydroxylation is 1. The van der Waals surface area contributed by atoms with E-state index in [4.69, 9.17) is 0 Å². The number of carbonyl (C=O) groups excluding carboxylic acids is 2. The molecular formula is C35H43FN6O5S2. The number of thiazole rings is 1. The van der Waals surface area contributed by atoms with Crippen LogP contribution in [0.1, 0.15) is 62.0 Å². The molecule has 0 aliphatic rings. The molecule has 14 heteroatoms. The molecule has 49 heavy (non-hydrogen) atoms. The van der Waals surface area contributed by atoms with Crippen molar-refractivity contribution in [2.24, 2.45) is 0 Å². The zero-order valence-corrected chi connectivity index (χ0v) is 29.9. The highest BCUT2D eigenvalue weighted by molar-refractivity contribution is 7.90. The molecule has 2 aromatic carbocycles. The van der Waals surface area contributed by atoms with Crippen LogP contribution >= 0.6 is 11.3 Å². The van der Waals surface area contributed by atoms with Gasteiger partial charge in [-0.3, -0.25) is 14.6 Å². The number of nitrogens with one attached hydrogen (secondary N) is 3. The maximum Gasteiger partial charge on any atom is 0.254 e. The highest BCUT2D eigenvalue weighted by atomic mass is 32.2. The molecule has 2 heterocycles. The highest BCUT2D eigenvalue weighted by Gasteiger charge is 2.25. The number of pyridine rings is 1. The third-order valence-corrected chi connectivity index (χ3v) is 9.23. The molecule has 0 unspecified atom stereocenters. The minimum Gasteiger partial charge on any atom is -0.390 e. The summed E-state index contributed by atoms with van der Waals surface area (Å²) in [7, 11) is -1.80. The molecule has 0 radical (unpaired) electrons. The fourth-order valence-corrected chi connectivity index (χ4v) is 6.24. The standard InChI is InChI=1S/C35H43FN6O5S2/c1-23-21-48-32(40-23)20-42(4)34(45)27-13-26(14-29(15-27)39-22-49(5,46)47)33(44)41-30(12-24-9-7-6-8-10-24)31(43)19-38-17-25-11-28(18-37-16-25)35(2,3)36/h6-11,13-16,18,21,30-31,38-39,43H,12,17,19-20,22H2,1-5H3,(H,41,44)/t30-,31+/m0/s1. The second-order valence-electron chi connectivity index (χ2n) is 12.6. The summed E-state index contributed by atoms with van der Waals surface area (Å²) >= 11 is 1.43. The van der Waals surface area contributed by atoms with Crippen molar-refractivity contribution in [3.63, 3.8) is 0 Å². The molecule has 4 aromatic rings. The van der Waals surface area contributed by atoms with Crippen molar-refractivity contribution >= 4 is 38.7 Å². The molecule has 0 fully saturated rings. The number of aliphatic hydroxyl groups excluding tert-OH is 1. The summed E-state index contributed by atoms with van der Waals surface area (Å²) in [6.07, 6.45) is 3.44. The van der Waals surface area contributed by atoms with Crippen molar-refractivity contribution in [1.29, 1.82) is 0 Å². The van der Waals surface area contributed by atoms with E-state index in [0.717, 1.165) is 28.1 Å². The van der Waals surface area contributed by atoms with Gasteiger partial charge in [0.15, 0.2) is 9.84 Å². The first-order valence-electron chi connectivity index (χ1n) is 15.7. The summed E-state index contributed by atoms with van der Waals surface area (Å²) in [5, 5.41) is 22.9. The predicted molar refractivity (Wildman–Crippen MR) is 190 cm³/mol. The first kappa shape index (κ1) is 37.6. The average molecular weight is 711 g/mol. The Morgan fingerprint density at radius 1 is 1.06 bits per heavy atom. The van der Waals surface area contributed by atoms with Crippen LogP contribution in [0.3, 0.4) is 0 Å². The molecule has 0 aliphatic heterocycles. The fourth-order valence-electron chi connectivity index (χ4n) is 4.99. The smallest absolute Gasteiger partial charge is 0.254 e. The third kappa shape index (κ3) is 11.7. The van der Waals surface area contributed by atoms with Crippen LogP contribution in [-0.4, -0.2) is 78.1 Å². The van der Waals surface area contributed by atoms with Gasteiger partial charge in [-0.05, 0) is 62.6 Å². The van der Waals surface area contributed by atoms with Crippen LogP contribution in [0.25, 0.3) is 0 Å². The van der Waals surface area contributed by atoms with E-state index in [1.165, 1.54) is 54.5 Å². The first-order chi connectivity index (χ1) is 23.1. The van der Waals surface area contributed by atoms with Gasteiger partial charge in [0.05, 0.1) is 18.7 Å². The fraction of sp³-hybridized carbons (Fsp3) is 0.371. The van der Waals surface area contributed by atoms with Crippen LogP contribution in [-0.2, 0) is 35.0 Å². The van der Waals surface area contributed by atoms with Gasteiger partial charge < -0.3 is 26.0 Å². The topological polar surface area (TPSA) is 154 Å². The summed E-state index contributed by atoms with van der Waals surface area (Å²) in [6, 6.07) is 14.8. The number of halogens is 1. The summed E-state index contributed by atoms with van der Waals surface area (Å²) in [5.41, 5.74) is 1.92. The van der Waals surface area contributed by atoms with Crippen LogP contribution in [0.4, 0.5) is 10.1 Å². The minimum absolute atomic E-state index is 0.0989. The Bertz CT molecular complexity index is 1850. The Balaban J connectivity index is 1.55. The van der Waals surface area contributed by atoms with Gasteiger partial charge in [0.2, 0.25) is 0 Å². The maximum absolute atomic E-state index is 14.4. The minimum atomic E-state index is -3.42. The van der Waals surface area contributed by atoms with Crippen LogP contribution in [0, 0.1) is 6.92 Å². The van der Waals surface area contributed by atoms with Gasteiger partial charge in [-0.25, -0.2) is 17.8 Å². The van der Waals surface area contributed by atoms with E-state index < -0.39 is 39.4 Å². The van der Waals surface area contributed by atoms with Crippen molar-refractivity contribution in [3.8, 4) is 0 Å². The molecule has 0 spiro atoms. The van der Waals surface area contributed by atoms with Crippen molar-refractivity contribution in [1.82, 2.24) is 25.5 Å². The van der Waals surface area contributed by atoms with Crippen molar-refractivity contribution in [2.45, 2.75) is 58.1 Å². The molecule has 2 aromatic heterocycles. The molecular weight excluding hydrogens is 668 g/mol. The second-order valence-corrected chi connectivity index (χ2v) is 15.7. The van der Waals surface area contributed by atoms with Gasteiger partial charge in [0.25, 0.3) is 11.8 Å². The Kier molecular flexibility index (Phi) is 12.6. The number of alkyl halides is 1. The molecule has 0 bridgehead atoms. The van der Waals surface area contributed by atoms with Gasteiger partial charge in [-0.15, -0.1) is 11.3 Å². The van der Waals surface area contributed by atoms with Gasteiger partial charge in [-0.1, -0.05) is 30.3 Å². The summed E-state index contributed by atoms with van der Waals surface area (Å²) in [4.78, 5) is 37.3. The van der Waals surface area contributed by atoms with E-state index in [1.54, 1.807) is 19.3 Å². The Hall–Kier alpha value is -4.24. The van der Waals surface area contributed by atoms with E-state index in [0.29, 0.717) is 18.5 Å². The van der Waals surface area contributed by atoms with Crippen molar-refractivity contribution in [3.05, 3.63) is 111 Å². The molecule has 11 nitrogen and oxygen atoms in total. The van der Waals surface area contributed by atoms with Crippen molar-refractivity contribution in [2.75, 3.05) is 31.0 Å². The molecule has 2 amide bonds. The van der Waals surface area contributed by atoms with Crippen molar-refractivity contribution < 1.29 is 27.5 Å². The molecule has 4 N–H and O–H groups in total. The lowest BCUT2D eigenvalue weighted by atomic mass is 9.99. The predicted octanol–water partition coefficient (Wildman–Crippen LogP) is 4.23. The Labute approximate surface area is 290 Å². The Morgan fingerprint density at radius 3 is 2.43 bits per heavy atom. The number of hydrogen-bond donors (Lipinski definition) is 4. The number of sulfone groups is 1. The lowest BCUT2D eigenvalue weighted by Gasteiger charge is -2.25. The Morgan fingerprint density at radius 2 is 1.78 bits per heavy atom. The molecule has 0 saturated heterocycles. The maximum atomic E-state index is 14.4. The van der Waals surface area contributed by atoms with Crippen LogP contribution in [0.5, 0.6) is 0 Å². The lowest BCUT2D eigenvalue weighted by Crippen LogP contribution is -2.48. The highest BCUT2D eigenvalue weighted by Crippen LogP contribution is 2.24. The lowest BCUT2D eigenvalue weighted by molar-refractivity contribution is 0.0784. The summed E-state index contributed by atoms with van der Waals surface area (Å²) in [5.74, 6) is -1.34. The van der Waals surface area contributed by atoms with E-state index in [9.17, 15) is 27.5 Å². The SMILES string of the molecule is Cc1csc(CN(C)C(=O)c2cc(NCS(C)(=O)=O)cc(C(=O)N[C@@H](Cc3ccccc3)[C@H](O)CNCc3cncc(C(C)(C)F)c3)c2)n1. The molecule has 0 aliphatic carbocycles. The number of amides is 2. The molecule has 0 saturated carbocycles. The average Bonchev–Trinajstić information content (AvgIpc) is 3.46. The number of carbonyl (C=O) groups is 2.